The summed E-state index contributed by atoms with van der Waals surface area (Å²) in [4.78, 5) is 11.8. The molecular weight excluding hydrogens is 257 g/mol. The number of amides is 1. The summed E-state index contributed by atoms with van der Waals surface area (Å²) in [6, 6.07) is 3.80. The summed E-state index contributed by atoms with van der Waals surface area (Å²) < 4.78 is 0. The fourth-order valence-electron chi connectivity index (χ4n) is 1.66. The molecular formula is C13H17Cl2NO. The summed E-state index contributed by atoms with van der Waals surface area (Å²) in [5.41, 5.74) is 2.68. The van der Waals surface area contributed by atoms with Crippen LogP contribution in [0.4, 0.5) is 5.69 Å². The van der Waals surface area contributed by atoms with E-state index in [4.69, 9.17) is 23.2 Å². The monoisotopic (exact) mass is 273 g/mol. The van der Waals surface area contributed by atoms with Crippen molar-refractivity contribution in [1.82, 2.24) is 0 Å². The highest BCUT2D eigenvalue weighted by molar-refractivity contribution is 6.36. The molecule has 4 heteroatoms. The lowest BCUT2D eigenvalue weighted by Crippen LogP contribution is -2.23. The van der Waals surface area contributed by atoms with Gasteiger partial charge in [-0.2, -0.15) is 0 Å². The molecule has 17 heavy (non-hydrogen) atoms. The lowest BCUT2D eigenvalue weighted by molar-refractivity contribution is -0.116. The first kappa shape index (κ1) is 14.3. The normalized spacial score (nSPS) is 12.3. The minimum atomic E-state index is -0.503. The summed E-state index contributed by atoms with van der Waals surface area (Å²) in [5.74, 6) is -0.192. The molecule has 94 valence electrons. The van der Waals surface area contributed by atoms with Crippen LogP contribution in [-0.2, 0) is 4.79 Å². The van der Waals surface area contributed by atoms with Gasteiger partial charge < -0.3 is 5.32 Å². The zero-order chi connectivity index (χ0) is 13.0. The fraction of sp³-hybridized carbons (Fsp3) is 0.462. The van der Waals surface area contributed by atoms with Crippen molar-refractivity contribution in [3.05, 3.63) is 28.3 Å². The second kappa shape index (κ2) is 6.27. The van der Waals surface area contributed by atoms with E-state index in [-0.39, 0.29) is 5.91 Å². The second-order valence-electron chi connectivity index (χ2n) is 4.18. The van der Waals surface area contributed by atoms with Crippen LogP contribution in [0.1, 0.15) is 30.9 Å². The molecule has 1 atom stereocenters. The molecule has 0 heterocycles. The Morgan fingerprint density at radius 1 is 1.41 bits per heavy atom. The number of halogens is 2. The average Bonchev–Trinajstić information content (AvgIpc) is 2.23. The number of benzene rings is 1. The minimum absolute atomic E-state index is 0.192. The van der Waals surface area contributed by atoms with Gasteiger partial charge in [0.1, 0.15) is 5.38 Å². The highest BCUT2D eigenvalue weighted by atomic mass is 35.5. The van der Waals surface area contributed by atoms with Crippen LogP contribution >= 0.6 is 23.2 Å². The van der Waals surface area contributed by atoms with Gasteiger partial charge in [0.05, 0.1) is 10.7 Å². The molecule has 1 aromatic rings. The Morgan fingerprint density at radius 3 is 2.59 bits per heavy atom. The Labute approximate surface area is 112 Å². The third-order valence-corrected chi connectivity index (χ3v) is 3.22. The van der Waals surface area contributed by atoms with E-state index in [1.54, 1.807) is 0 Å². The van der Waals surface area contributed by atoms with E-state index in [1.165, 1.54) is 0 Å². The third kappa shape index (κ3) is 3.90. The summed E-state index contributed by atoms with van der Waals surface area (Å²) in [7, 11) is 0. The SMILES string of the molecule is CCCC(Cl)C(=O)Nc1c(C)cc(C)cc1Cl. The predicted octanol–water partition coefficient (Wildman–Crippen LogP) is 4.30. The van der Waals surface area contributed by atoms with Crippen LogP contribution in [0.25, 0.3) is 0 Å². The van der Waals surface area contributed by atoms with Crippen molar-refractivity contribution in [1.29, 1.82) is 0 Å². The van der Waals surface area contributed by atoms with E-state index < -0.39 is 5.38 Å². The van der Waals surface area contributed by atoms with Gasteiger partial charge in [0, 0.05) is 0 Å². The van der Waals surface area contributed by atoms with Crippen molar-refractivity contribution in [3.63, 3.8) is 0 Å². The Hall–Kier alpha value is -0.730. The Bertz CT molecular complexity index is 395. The van der Waals surface area contributed by atoms with Gasteiger partial charge in [-0.05, 0) is 37.5 Å². The first-order valence-electron chi connectivity index (χ1n) is 5.67. The van der Waals surface area contributed by atoms with Crippen molar-refractivity contribution >= 4 is 34.8 Å². The first-order valence-corrected chi connectivity index (χ1v) is 6.48. The Balaban J connectivity index is 2.85. The molecule has 0 aromatic heterocycles. The van der Waals surface area contributed by atoms with Gasteiger partial charge in [-0.15, -0.1) is 11.6 Å². The fourth-order valence-corrected chi connectivity index (χ4v) is 2.30. The maximum absolute atomic E-state index is 11.8. The number of carbonyl (C=O) groups is 1. The molecule has 0 radical (unpaired) electrons. The van der Waals surface area contributed by atoms with Crippen LogP contribution in [0, 0.1) is 13.8 Å². The third-order valence-electron chi connectivity index (χ3n) is 2.51. The molecule has 0 saturated heterocycles. The molecule has 0 aliphatic carbocycles. The zero-order valence-electron chi connectivity index (χ0n) is 10.3. The lowest BCUT2D eigenvalue weighted by atomic mass is 10.1. The second-order valence-corrected chi connectivity index (χ2v) is 5.12. The van der Waals surface area contributed by atoms with Crippen LogP contribution < -0.4 is 5.32 Å². The van der Waals surface area contributed by atoms with Gasteiger partial charge in [-0.25, -0.2) is 0 Å². The van der Waals surface area contributed by atoms with Crippen LogP contribution in [-0.4, -0.2) is 11.3 Å². The van der Waals surface area contributed by atoms with Crippen molar-refractivity contribution in [3.8, 4) is 0 Å². The smallest absolute Gasteiger partial charge is 0.242 e. The van der Waals surface area contributed by atoms with E-state index in [1.807, 2.05) is 32.9 Å². The number of hydrogen-bond acceptors (Lipinski definition) is 1. The van der Waals surface area contributed by atoms with Gasteiger partial charge >= 0.3 is 0 Å². The molecule has 1 amide bonds. The van der Waals surface area contributed by atoms with Crippen LogP contribution in [0.15, 0.2) is 12.1 Å². The first-order chi connectivity index (χ1) is 7.95. The van der Waals surface area contributed by atoms with Crippen molar-refractivity contribution in [2.45, 2.75) is 39.0 Å². The maximum atomic E-state index is 11.8. The quantitative estimate of drug-likeness (QED) is 0.815. The molecule has 0 spiro atoms. The summed E-state index contributed by atoms with van der Waals surface area (Å²) in [6.45, 7) is 5.87. The molecule has 2 nitrogen and oxygen atoms in total. The van der Waals surface area contributed by atoms with E-state index in [9.17, 15) is 4.79 Å². The summed E-state index contributed by atoms with van der Waals surface area (Å²) >= 11 is 12.1. The number of rotatable bonds is 4. The van der Waals surface area contributed by atoms with Crippen molar-refractivity contribution in [2.24, 2.45) is 0 Å². The molecule has 1 aromatic carbocycles. The van der Waals surface area contributed by atoms with Crippen LogP contribution in [0.5, 0.6) is 0 Å². The molecule has 1 N–H and O–H groups in total. The van der Waals surface area contributed by atoms with Crippen molar-refractivity contribution < 1.29 is 4.79 Å². The Kier molecular flexibility index (Phi) is 5.29. The maximum Gasteiger partial charge on any atom is 0.242 e. The van der Waals surface area contributed by atoms with Gasteiger partial charge in [0.25, 0.3) is 0 Å². The topological polar surface area (TPSA) is 29.1 Å². The standard InChI is InChI=1S/C13H17Cl2NO/c1-4-5-10(14)13(17)16-12-9(3)6-8(2)7-11(12)15/h6-7,10H,4-5H2,1-3H3,(H,16,17). The van der Waals surface area contributed by atoms with Crippen LogP contribution in [0.3, 0.4) is 0 Å². The van der Waals surface area contributed by atoms with Gasteiger partial charge in [-0.3, -0.25) is 4.79 Å². The minimum Gasteiger partial charge on any atom is -0.323 e. The number of hydrogen-bond donors (Lipinski definition) is 1. The molecule has 0 aliphatic heterocycles. The van der Waals surface area contributed by atoms with Crippen molar-refractivity contribution in [2.75, 3.05) is 5.32 Å². The van der Waals surface area contributed by atoms with Crippen LogP contribution in [0.2, 0.25) is 5.02 Å². The highest BCUT2D eigenvalue weighted by Crippen LogP contribution is 2.27. The number of aryl methyl sites for hydroxylation is 2. The average molecular weight is 274 g/mol. The molecule has 0 fully saturated rings. The highest BCUT2D eigenvalue weighted by Gasteiger charge is 2.16. The zero-order valence-corrected chi connectivity index (χ0v) is 11.8. The number of alkyl halides is 1. The predicted molar refractivity (Wildman–Crippen MR) is 74.1 cm³/mol. The summed E-state index contributed by atoms with van der Waals surface area (Å²) in [6.07, 6.45) is 1.54. The molecule has 0 aliphatic rings. The van der Waals surface area contributed by atoms with E-state index in [0.29, 0.717) is 17.1 Å². The molecule has 1 rings (SSSR count). The molecule has 1 unspecified atom stereocenters. The number of anilines is 1. The number of nitrogens with one attached hydrogen (secondary N) is 1. The largest absolute Gasteiger partial charge is 0.323 e. The Morgan fingerprint density at radius 2 is 2.06 bits per heavy atom. The summed E-state index contributed by atoms with van der Waals surface area (Å²) in [5, 5.41) is 2.84. The number of carbonyl (C=O) groups excluding carboxylic acids is 1. The molecule has 0 saturated carbocycles. The van der Waals surface area contributed by atoms with Gasteiger partial charge in [0.2, 0.25) is 5.91 Å². The van der Waals surface area contributed by atoms with Gasteiger partial charge in [-0.1, -0.05) is 31.0 Å². The molecule has 0 bridgehead atoms. The van der Waals surface area contributed by atoms with E-state index in [2.05, 4.69) is 5.32 Å². The van der Waals surface area contributed by atoms with E-state index >= 15 is 0 Å². The lowest BCUT2D eigenvalue weighted by Gasteiger charge is -2.13. The van der Waals surface area contributed by atoms with Gasteiger partial charge in [0.15, 0.2) is 0 Å². The van der Waals surface area contributed by atoms with E-state index in [0.717, 1.165) is 17.5 Å².